The van der Waals surface area contributed by atoms with Crippen molar-refractivity contribution >= 4 is 35.0 Å². The summed E-state index contributed by atoms with van der Waals surface area (Å²) in [6, 6.07) is 19.8. The van der Waals surface area contributed by atoms with E-state index in [9.17, 15) is 19.5 Å². The lowest BCUT2D eigenvalue weighted by Crippen LogP contribution is -2.48. The van der Waals surface area contributed by atoms with Gasteiger partial charge in [0.05, 0.1) is 37.5 Å². The van der Waals surface area contributed by atoms with Crippen LogP contribution in [-0.4, -0.2) is 91.6 Å². The summed E-state index contributed by atoms with van der Waals surface area (Å²) < 4.78 is 17.8. The monoisotopic (exact) mass is 675 g/mol. The summed E-state index contributed by atoms with van der Waals surface area (Å²) in [7, 11) is 3.28. The van der Waals surface area contributed by atoms with Gasteiger partial charge in [0.1, 0.15) is 11.5 Å². The van der Waals surface area contributed by atoms with E-state index in [4.69, 9.17) is 14.2 Å². The molecule has 1 aliphatic heterocycles. The van der Waals surface area contributed by atoms with Crippen molar-refractivity contribution in [2.75, 3.05) is 56.4 Å². The second kappa shape index (κ2) is 18.1. The van der Waals surface area contributed by atoms with Crippen molar-refractivity contribution in [2.45, 2.75) is 58.3 Å². The number of anilines is 3. The molecule has 0 spiro atoms. The number of methoxy groups -OCH3 is 1. The molecule has 0 aliphatic carbocycles. The maximum Gasteiger partial charge on any atom is 0.323 e. The largest absolute Gasteiger partial charge is 0.497 e. The maximum atomic E-state index is 14.4. The number of aliphatic hydroxyl groups excluding tert-OH is 1. The zero-order chi connectivity index (χ0) is 35.3. The number of para-hydroxylation sites is 1. The Hall–Kier alpha value is -4.81. The van der Waals surface area contributed by atoms with E-state index in [1.54, 1.807) is 73.3 Å². The van der Waals surface area contributed by atoms with E-state index in [1.165, 1.54) is 0 Å². The minimum Gasteiger partial charge on any atom is -0.497 e. The predicted molar refractivity (Wildman–Crippen MR) is 191 cm³/mol. The van der Waals surface area contributed by atoms with Gasteiger partial charge in [-0.1, -0.05) is 25.1 Å². The minimum atomic E-state index is -0.539. The summed E-state index contributed by atoms with van der Waals surface area (Å²) in [6.45, 7) is 6.46. The summed E-state index contributed by atoms with van der Waals surface area (Å²) in [6.07, 6.45) is 1.79. The van der Waals surface area contributed by atoms with E-state index < -0.39 is 18.2 Å². The minimum absolute atomic E-state index is 0.196. The Morgan fingerprint density at radius 3 is 2.35 bits per heavy atom. The Bertz CT molecular complexity index is 1520. The number of carbonyl (C=O) groups excluding carboxylic acids is 3. The number of rotatable bonds is 8. The summed E-state index contributed by atoms with van der Waals surface area (Å²) >= 11 is 0. The number of amides is 5. The van der Waals surface area contributed by atoms with E-state index in [0.717, 1.165) is 19.3 Å². The quantitative estimate of drug-likeness (QED) is 0.220. The molecule has 0 aromatic heterocycles. The molecule has 3 aromatic carbocycles. The van der Waals surface area contributed by atoms with Crippen LogP contribution in [0.25, 0.3) is 0 Å². The molecule has 1 heterocycles. The van der Waals surface area contributed by atoms with E-state index in [-0.39, 0.29) is 42.7 Å². The Labute approximate surface area is 288 Å². The molecule has 5 amide bonds. The van der Waals surface area contributed by atoms with Gasteiger partial charge in [-0.05, 0) is 87.7 Å². The number of urea groups is 2. The normalized spacial score (nSPS) is 19.3. The number of fused-ring (bicyclic) bond motifs is 1. The van der Waals surface area contributed by atoms with Gasteiger partial charge in [-0.25, -0.2) is 9.59 Å². The Kier molecular flexibility index (Phi) is 13.7. The number of ether oxygens (including phenoxy) is 3. The molecule has 0 saturated carbocycles. The van der Waals surface area contributed by atoms with Crippen LogP contribution < -0.4 is 25.4 Å². The molecule has 4 N–H and O–H groups in total. The SMILES string of the molecule is COc1ccc(NC(=O)Nc2ccc3c(c2)C(=O)N([C@@H](C)CO)C[C@@H](C)[C@H](CN(C)C(=O)Nc2ccccc2)OCCCC[C@@H](C)O3)cc1. The smallest absolute Gasteiger partial charge is 0.323 e. The molecule has 3 aromatic rings. The zero-order valence-corrected chi connectivity index (χ0v) is 29.0. The lowest BCUT2D eigenvalue weighted by atomic mass is 10.0. The summed E-state index contributed by atoms with van der Waals surface area (Å²) in [5, 5.41) is 18.7. The van der Waals surface area contributed by atoms with Crippen molar-refractivity contribution in [3.05, 3.63) is 78.4 Å². The number of nitrogens with zero attached hydrogens (tertiary/aromatic N) is 2. The van der Waals surface area contributed by atoms with E-state index in [0.29, 0.717) is 41.7 Å². The average molecular weight is 676 g/mol. The number of benzene rings is 3. The zero-order valence-electron chi connectivity index (χ0n) is 29.0. The van der Waals surface area contributed by atoms with Crippen LogP contribution in [0.2, 0.25) is 0 Å². The highest BCUT2D eigenvalue weighted by molar-refractivity contribution is 6.02. The number of carbonyl (C=O) groups is 3. The van der Waals surface area contributed by atoms with E-state index in [2.05, 4.69) is 16.0 Å². The molecule has 4 rings (SSSR count). The van der Waals surface area contributed by atoms with Gasteiger partial charge >= 0.3 is 12.1 Å². The Morgan fingerprint density at radius 2 is 1.65 bits per heavy atom. The molecule has 0 saturated heterocycles. The van der Waals surface area contributed by atoms with Crippen LogP contribution >= 0.6 is 0 Å². The molecule has 0 radical (unpaired) electrons. The molecule has 12 heteroatoms. The molecule has 1 aliphatic rings. The number of hydrogen-bond acceptors (Lipinski definition) is 7. The molecule has 4 atom stereocenters. The number of likely N-dealkylation sites (N-methyl/N-ethyl adjacent to an activating group) is 1. The fraction of sp³-hybridized carbons (Fsp3) is 0.432. The van der Waals surface area contributed by atoms with Gasteiger partial charge < -0.3 is 45.1 Å². The van der Waals surface area contributed by atoms with Crippen molar-refractivity contribution in [2.24, 2.45) is 5.92 Å². The summed E-state index contributed by atoms with van der Waals surface area (Å²) in [5.74, 6) is 0.483. The van der Waals surface area contributed by atoms with Gasteiger partial charge in [0.25, 0.3) is 5.91 Å². The lowest BCUT2D eigenvalue weighted by molar-refractivity contribution is -0.0115. The molecule has 0 bridgehead atoms. The fourth-order valence-corrected chi connectivity index (χ4v) is 5.52. The van der Waals surface area contributed by atoms with Crippen LogP contribution in [0.5, 0.6) is 11.5 Å². The standard InChI is InChI=1S/C37H49N5O7/c1-25-22-42(26(2)24-43)35(44)32-21-30(39-36(45)38-29-14-17-31(47-5)18-15-29)16-19-33(32)49-27(3)11-9-10-20-48-34(25)23-41(4)37(46)40-28-12-7-6-8-13-28/h6-8,12-19,21,25-27,34,43H,9-11,20,22-24H2,1-5H3,(H,40,46)(H2,38,39,45)/t25-,26+,27-,34+/m1/s1. The third-order valence-electron chi connectivity index (χ3n) is 8.48. The Morgan fingerprint density at radius 1 is 0.980 bits per heavy atom. The van der Waals surface area contributed by atoms with Gasteiger partial charge in [0.2, 0.25) is 0 Å². The van der Waals surface area contributed by atoms with E-state index >= 15 is 0 Å². The van der Waals surface area contributed by atoms with Crippen molar-refractivity contribution in [1.82, 2.24) is 9.80 Å². The number of aliphatic hydroxyl groups is 1. The van der Waals surface area contributed by atoms with Crippen LogP contribution in [0.1, 0.15) is 50.4 Å². The lowest BCUT2D eigenvalue weighted by Gasteiger charge is -2.35. The van der Waals surface area contributed by atoms with Crippen LogP contribution in [0, 0.1) is 5.92 Å². The van der Waals surface area contributed by atoms with Crippen molar-refractivity contribution in [1.29, 1.82) is 0 Å². The van der Waals surface area contributed by atoms with Gasteiger partial charge in [-0.15, -0.1) is 0 Å². The van der Waals surface area contributed by atoms with Gasteiger partial charge in [0.15, 0.2) is 0 Å². The average Bonchev–Trinajstić information content (AvgIpc) is 3.10. The van der Waals surface area contributed by atoms with E-state index in [1.807, 2.05) is 44.2 Å². The topological polar surface area (TPSA) is 142 Å². The van der Waals surface area contributed by atoms with Gasteiger partial charge in [0, 0.05) is 49.7 Å². The second-order valence-electron chi connectivity index (χ2n) is 12.5. The van der Waals surface area contributed by atoms with Crippen LogP contribution in [0.3, 0.4) is 0 Å². The van der Waals surface area contributed by atoms with Crippen LogP contribution in [-0.2, 0) is 4.74 Å². The molecule has 264 valence electrons. The molecule has 49 heavy (non-hydrogen) atoms. The van der Waals surface area contributed by atoms with Gasteiger partial charge in [-0.3, -0.25) is 4.79 Å². The van der Waals surface area contributed by atoms with Crippen LogP contribution in [0.4, 0.5) is 26.7 Å². The molecule has 0 fully saturated rings. The number of hydrogen-bond donors (Lipinski definition) is 4. The first-order valence-corrected chi connectivity index (χ1v) is 16.7. The molecule has 0 unspecified atom stereocenters. The third-order valence-corrected chi connectivity index (χ3v) is 8.48. The highest BCUT2D eigenvalue weighted by atomic mass is 16.5. The number of nitrogens with one attached hydrogen (secondary N) is 3. The molecular formula is C37H49N5O7. The maximum absolute atomic E-state index is 14.4. The fourth-order valence-electron chi connectivity index (χ4n) is 5.52. The predicted octanol–water partition coefficient (Wildman–Crippen LogP) is 6.30. The first kappa shape index (κ1) is 37.0. The van der Waals surface area contributed by atoms with Gasteiger partial charge in [-0.2, -0.15) is 0 Å². The van der Waals surface area contributed by atoms with Crippen molar-refractivity contribution < 1.29 is 33.7 Å². The van der Waals surface area contributed by atoms with Crippen molar-refractivity contribution in [3.8, 4) is 11.5 Å². The second-order valence-corrected chi connectivity index (χ2v) is 12.5. The Balaban J connectivity index is 1.57. The molecular weight excluding hydrogens is 626 g/mol. The first-order chi connectivity index (χ1) is 23.6. The third kappa shape index (κ3) is 10.8. The van der Waals surface area contributed by atoms with Crippen LogP contribution in [0.15, 0.2) is 72.8 Å². The summed E-state index contributed by atoms with van der Waals surface area (Å²) in [5.41, 5.74) is 1.92. The summed E-state index contributed by atoms with van der Waals surface area (Å²) in [4.78, 5) is 43.5. The first-order valence-electron chi connectivity index (χ1n) is 16.7. The highest BCUT2D eigenvalue weighted by Crippen LogP contribution is 2.29. The van der Waals surface area contributed by atoms with Crippen molar-refractivity contribution in [3.63, 3.8) is 0 Å². The highest BCUT2D eigenvalue weighted by Gasteiger charge is 2.31. The molecule has 12 nitrogen and oxygen atoms in total.